The maximum Gasteiger partial charge on any atom is 0.269 e. The summed E-state index contributed by atoms with van der Waals surface area (Å²) in [4.78, 5) is 20.8. The van der Waals surface area contributed by atoms with Crippen molar-refractivity contribution in [1.29, 1.82) is 0 Å². The third-order valence-electron chi connectivity index (χ3n) is 4.30. The molecule has 4 rings (SSSR count). The second-order valence-corrected chi connectivity index (χ2v) is 6.75. The Bertz CT molecular complexity index is 976. The summed E-state index contributed by atoms with van der Waals surface area (Å²) in [6.07, 6.45) is 3.60. The fourth-order valence-electron chi connectivity index (χ4n) is 3.07. The van der Waals surface area contributed by atoms with Crippen molar-refractivity contribution >= 4 is 21.8 Å². The Morgan fingerprint density at radius 3 is 3.00 bits per heavy atom. The smallest absolute Gasteiger partial charge is 0.269 e. The number of hydrogen-bond donors (Lipinski definition) is 1. The number of ether oxygens (including phenoxy) is 1. The minimum atomic E-state index is -0.536. The number of imidazole rings is 2. The van der Waals surface area contributed by atoms with Gasteiger partial charge in [0, 0.05) is 16.9 Å². The molecule has 1 amide bonds. The van der Waals surface area contributed by atoms with Crippen molar-refractivity contribution in [1.82, 2.24) is 19.1 Å². The van der Waals surface area contributed by atoms with E-state index < -0.39 is 5.91 Å². The fourth-order valence-corrected chi connectivity index (χ4v) is 3.43. The van der Waals surface area contributed by atoms with E-state index in [1.807, 2.05) is 40.5 Å². The highest BCUT2D eigenvalue weighted by Gasteiger charge is 2.26. The third-order valence-corrected chi connectivity index (χ3v) is 4.80. The third kappa shape index (κ3) is 2.72. The van der Waals surface area contributed by atoms with Crippen LogP contribution in [-0.2, 0) is 13.1 Å². The Morgan fingerprint density at radius 2 is 2.28 bits per heavy atom. The number of primary amides is 1. The van der Waals surface area contributed by atoms with Crippen LogP contribution in [-0.4, -0.2) is 31.6 Å². The molecule has 8 heteroatoms. The number of carbonyl (C=O) groups excluding carboxylic acids is 1. The highest BCUT2D eigenvalue weighted by atomic mass is 79.9. The van der Waals surface area contributed by atoms with E-state index in [1.165, 1.54) is 0 Å². The normalized spacial score (nSPS) is 12.9. The Labute approximate surface area is 152 Å². The minimum absolute atomic E-state index is 0.288. The molecule has 0 unspecified atom stereocenters. The van der Waals surface area contributed by atoms with Crippen LogP contribution in [0.4, 0.5) is 0 Å². The lowest BCUT2D eigenvalue weighted by molar-refractivity contribution is 0.0994. The first-order valence-electron chi connectivity index (χ1n) is 7.84. The van der Waals surface area contributed by atoms with Gasteiger partial charge < -0.3 is 19.6 Å². The van der Waals surface area contributed by atoms with E-state index in [0.717, 1.165) is 27.3 Å². The summed E-state index contributed by atoms with van der Waals surface area (Å²) in [6, 6.07) is 5.76. The van der Waals surface area contributed by atoms with Crippen LogP contribution in [0.15, 0.2) is 35.1 Å². The van der Waals surface area contributed by atoms with Crippen LogP contribution in [0.1, 0.15) is 22.0 Å². The van der Waals surface area contributed by atoms with Crippen molar-refractivity contribution in [3.63, 3.8) is 0 Å². The van der Waals surface area contributed by atoms with Gasteiger partial charge in [0.1, 0.15) is 24.0 Å². The van der Waals surface area contributed by atoms with E-state index >= 15 is 0 Å². The van der Waals surface area contributed by atoms with E-state index in [-0.39, 0.29) is 5.69 Å². The molecule has 3 aromatic rings. The Hall–Kier alpha value is -2.61. The van der Waals surface area contributed by atoms with Gasteiger partial charge in [0.2, 0.25) is 0 Å². The lowest BCUT2D eigenvalue weighted by atomic mass is 10.2. The number of carbonyl (C=O) groups is 1. The average Bonchev–Trinajstić information content (AvgIpc) is 3.08. The standard InChI is InChI=1S/C17H16BrN5O2/c1-10-20-4-5-22(10)9-13-15(16(19)24)21-17-12-8-11(18)2-3-14(12)25-7-6-23(13)17/h2-5,8H,6-7,9H2,1H3,(H2,19,24). The van der Waals surface area contributed by atoms with Crippen LogP contribution in [0, 0.1) is 6.92 Å². The fraction of sp³-hybridized carbons (Fsp3) is 0.235. The Balaban J connectivity index is 1.91. The monoisotopic (exact) mass is 401 g/mol. The molecule has 0 fully saturated rings. The zero-order chi connectivity index (χ0) is 17.6. The van der Waals surface area contributed by atoms with E-state index in [0.29, 0.717) is 25.5 Å². The quantitative estimate of drug-likeness (QED) is 0.729. The molecule has 0 bridgehead atoms. The average molecular weight is 402 g/mol. The zero-order valence-corrected chi connectivity index (χ0v) is 15.2. The topological polar surface area (TPSA) is 88.0 Å². The summed E-state index contributed by atoms with van der Waals surface area (Å²) in [5.74, 6) is 1.76. The maximum atomic E-state index is 12.0. The molecule has 0 aliphatic carbocycles. The van der Waals surface area contributed by atoms with Gasteiger partial charge >= 0.3 is 0 Å². The number of aryl methyl sites for hydroxylation is 1. The second kappa shape index (κ2) is 6.03. The highest BCUT2D eigenvalue weighted by Crippen LogP contribution is 2.35. The summed E-state index contributed by atoms with van der Waals surface area (Å²) in [5.41, 5.74) is 7.49. The van der Waals surface area contributed by atoms with Crippen molar-refractivity contribution in [2.75, 3.05) is 6.61 Å². The summed E-state index contributed by atoms with van der Waals surface area (Å²) in [5, 5.41) is 0. The molecule has 128 valence electrons. The molecular formula is C17H16BrN5O2. The van der Waals surface area contributed by atoms with Crippen molar-refractivity contribution in [2.24, 2.45) is 5.73 Å². The van der Waals surface area contributed by atoms with Gasteiger partial charge in [-0.15, -0.1) is 0 Å². The van der Waals surface area contributed by atoms with Crippen LogP contribution in [0.25, 0.3) is 11.4 Å². The lowest BCUT2D eigenvalue weighted by Gasteiger charge is -2.11. The number of nitrogens with two attached hydrogens (primary N) is 1. The van der Waals surface area contributed by atoms with Crippen LogP contribution < -0.4 is 10.5 Å². The zero-order valence-electron chi connectivity index (χ0n) is 13.6. The number of halogens is 1. The van der Waals surface area contributed by atoms with Crippen molar-refractivity contribution in [3.8, 4) is 17.1 Å². The molecule has 0 radical (unpaired) electrons. The van der Waals surface area contributed by atoms with Gasteiger partial charge in [0.25, 0.3) is 5.91 Å². The van der Waals surface area contributed by atoms with Crippen molar-refractivity contribution in [2.45, 2.75) is 20.0 Å². The number of rotatable bonds is 3. The van der Waals surface area contributed by atoms with Gasteiger partial charge in [-0.3, -0.25) is 4.79 Å². The number of benzene rings is 1. The molecule has 1 aromatic carbocycles. The van der Waals surface area contributed by atoms with Crippen LogP contribution in [0.3, 0.4) is 0 Å². The Kier molecular flexibility index (Phi) is 3.84. The highest BCUT2D eigenvalue weighted by molar-refractivity contribution is 9.10. The molecule has 0 saturated carbocycles. The first-order valence-corrected chi connectivity index (χ1v) is 8.63. The van der Waals surface area contributed by atoms with Gasteiger partial charge in [-0.05, 0) is 25.1 Å². The summed E-state index contributed by atoms with van der Waals surface area (Å²) in [7, 11) is 0. The van der Waals surface area contributed by atoms with Crippen LogP contribution in [0.2, 0.25) is 0 Å². The number of nitrogens with zero attached hydrogens (tertiary/aromatic N) is 4. The minimum Gasteiger partial charge on any atom is -0.491 e. The number of aromatic nitrogens is 4. The van der Waals surface area contributed by atoms with Gasteiger partial charge in [-0.2, -0.15) is 0 Å². The van der Waals surface area contributed by atoms with E-state index in [2.05, 4.69) is 25.9 Å². The molecule has 2 aromatic heterocycles. The first kappa shape index (κ1) is 15.9. The van der Waals surface area contributed by atoms with E-state index in [4.69, 9.17) is 10.5 Å². The van der Waals surface area contributed by atoms with Crippen molar-refractivity contribution in [3.05, 3.63) is 52.3 Å². The summed E-state index contributed by atoms with van der Waals surface area (Å²) < 4.78 is 10.7. The van der Waals surface area contributed by atoms with E-state index in [1.54, 1.807) is 6.20 Å². The molecular weight excluding hydrogens is 386 g/mol. The van der Waals surface area contributed by atoms with E-state index in [9.17, 15) is 4.79 Å². The summed E-state index contributed by atoms with van der Waals surface area (Å²) in [6.45, 7) is 3.47. The molecule has 0 atom stereocenters. The number of amides is 1. The SMILES string of the molecule is Cc1nccn1Cc1c(C(N)=O)nc2n1CCOc1ccc(Br)cc1-2. The van der Waals surface area contributed by atoms with Crippen LogP contribution >= 0.6 is 15.9 Å². The van der Waals surface area contributed by atoms with Gasteiger partial charge in [0.15, 0.2) is 5.69 Å². The predicted octanol–water partition coefficient (Wildman–Crippen LogP) is 2.36. The van der Waals surface area contributed by atoms with Gasteiger partial charge in [-0.25, -0.2) is 9.97 Å². The van der Waals surface area contributed by atoms with Gasteiger partial charge in [0.05, 0.1) is 24.3 Å². The lowest BCUT2D eigenvalue weighted by Crippen LogP contribution is -2.18. The molecule has 2 N–H and O–H groups in total. The maximum absolute atomic E-state index is 12.0. The largest absolute Gasteiger partial charge is 0.491 e. The predicted molar refractivity (Wildman–Crippen MR) is 95.4 cm³/mol. The second-order valence-electron chi connectivity index (χ2n) is 5.84. The molecule has 1 aliphatic rings. The number of fused-ring (bicyclic) bond motifs is 3. The molecule has 3 heterocycles. The molecule has 7 nitrogen and oxygen atoms in total. The molecule has 0 saturated heterocycles. The van der Waals surface area contributed by atoms with Gasteiger partial charge in [-0.1, -0.05) is 15.9 Å². The first-order chi connectivity index (χ1) is 12.0. The molecule has 25 heavy (non-hydrogen) atoms. The molecule has 1 aliphatic heterocycles. The Morgan fingerprint density at radius 1 is 1.44 bits per heavy atom. The number of hydrogen-bond acceptors (Lipinski definition) is 4. The summed E-state index contributed by atoms with van der Waals surface area (Å²) >= 11 is 3.48. The molecule has 0 spiro atoms. The van der Waals surface area contributed by atoms with Crippen LogP contribution in [0.5, 0.6) is 5.75 Å². The van der Waals surface area contributed by atoms with Crippen molar-refractivity contribution < 1.29 is 9.53 Å².